The topological polar surface area (TPSA) is 45.0 Å². The largest absolute Gasteiger partial charge is 0.378 e. The van der Waals surface area contributed by atoms with E-state index in [0.29, 0.717) is 6.04 Å². The monoisotopic (exact) mass is 252 g/mol. The third kappa shape index (κ3) is 4.96. The second-order valence-corrected chi connectivity index (χ2v) is 5.79. The first-order chi connectivity index (χ1) is 8.62. The SMILES string of the molecule is CCCCCCOC1CCC(C#N)(NC(C)C)C1. The van der Waals surface area contributed by atoms with Crippen LogP contribution >= 0.6 is 0 Å². The molecule has 0 aromatic carbocycles. The van der Waals surface area contributed by atoms with Gasteiger partial charge < -0.3 is 4.74 Å². The number of hydrogen-bond donors (Lipinski definition) is 1. The van der Waals surface area contributed by atoms with Crippen LogP contribution < -0.4 is 5.32 Å². The molecule has 18 heavy (non-hydrogen) atoms. The molecule has 1 rings (SSSR count). The number of unbranched alkanes of at least 4 members (excludes halogenated alkanes) is 3. The van der Waals surface area contributed by atoms with Gasteiger partial charge in [0.1, 0.15) is 5.54 Å². The lowest BCUT2D eigenvalue weighted by Crippen LogP contribution is -2.45. The molecule has 0 saturated heterocycles. The molecular formula is C15H28N2O. The van der Waals surface area contributed by atoms with E-state index in [1.54, 1.807) is 0 Å². The lowest BCUT2D eigenvalue weighted by molar-refractivity contribution is 0.0517. The lowest BCUT2D eigenvalue weighted by Gasteiger charge is -2.25. The standard InChI is InChI=1S/C15H28N2O/c1-4-5-6-7-10-18-14-8-9-15(11-14,12-16)17-13(2)3/h13-14,17H,4-11H2,1-3H3. The molecule has 1 aliphatic rings. The van der Waals surface area contributed by atoms with Crippen LogP contribution in [0.3, 0.4) is 0 Å². The molecule has 0 aromatic rings. The Morgan fingerprint density at radius 3 is 2.78 bits per heavy atom. The number of nitrogens with zero attached hydrogens (tertiary/aromatic N) is 1. The van der Waals surface area contributed by atoms with Gasteiger partial charge >= 0.3 is 0 Å². The van der Waals surface area contributed by atoms with E-state index in [1.165, 1.54) is 19.3 Å². The minimum absolute atomic E-state index is 0.275. The highest BCUT2D eigenvalue weighted by atomic mass is 16.5. The summed E-state index contributed by atoms with van der Waals surface area (Å²) < 4.78 is 5.90. The summed E-state index contributed by atoms with van der Waals surface area (Å²) >= 11 is 0. The minimum atomic E-state index is -0.345. The summed E-state index contributed by atoms with van der Waals surface area (Å²) in [6.45, 7) is 7.26. The van der Waals surface area contributed by atoms with E-state index in [9.17, 15) is 5.26 Å². The van der Waals surface area contributed by atoms with Gasteiger partial charge in [-0.05, 0) is 33.1 Å². The summed E-state index contributed by atoms with van der Waals surface area (Å²) in [6, 6.07) is 2.81. The molecule has 1 N–H and O–H groups in total. The van der Waals surface area contributed by atoms with Crippen molar-refractivity contribution in [2.75, 3.05) is 6.61 Å². The van der Waals surface area contributed by atoms with Gasteiger partial charge in [-0.1, -0.05) is 26.2 Å². The van der Waals surface area contributed by atoms with Crippen molar-refractivity contribution in [3.8, 4) is 6.07 Å². The van der Waals surface area contributed by atoms with Crippen LogP contribution in [0, 0.1) is 11.3 Å². The molecule has 0 aromatic heterocycles. The summed E-state index contributed by atoms with van der Waals surface area (Å²) in [5.41, 5.74) is -0.345. The van der Waals surface area contributed by atoms with E-state index in [-0.39, 0.29) is 11.6 Å². The first-order valence-electron chi connectivity index (χ1n) is 7.42. The van der Waals surface area contributed by atoms with Gasteiger partial charge in [0.05, 0.1) is 12.2 Å². The molecule has 0 amide bonds. The van der Waals surface area contributed by atoms with E-state index in [4.69, 9.17) is 4.74 Å². The number of ether oxygens (including phenoxy) is 1. The van der Waals surface area contributed by atoms with Crippen LogP contribution in [0.1, 0.15) is 65.7 Å². The summed E-state index contributed by atoms with van der Waals surface area (Å²) in [7, 11) is 0. The van der Waals surface area contributed by atoms with Crippen molar-refractivity contribution >= 4 is 0 Å². The van der Waals surface area contributed by atoms with Gasteiger partial charge in [0.25, 0.3) is 0 Å². The van der Waals surface area contributed by atoms with Gasteiger partial charge in [-0.15, -0.1) is 0 Å². The molecule has 1 saturated carbocycles. The number of nitriles is 1. The second kappa shape index (κ2) is 7.76. The smallest absolute Gasteiger partial charge is 0.109 e. The van der Waals surface area contributed by atoms with E-state index < -0.39 is 0 Å². The summed E-state index contributed by atoms with van der Waals surface area (Å²) in [5, 5.41) is 12.8. The zero-order valence-electron chi connectivity index (χ0n) is 12.2. The maximum atomic E-state index is 9.36. The Bertz CT molecular complexity index is 272. The van der Waals surface area contributed by atoms with E-state index in [2.05, 4.69) is 32.2 Å². The zero-order valence-corrected chi connectivity index (χ0v) is 12.2. The zero-order chi connectivity index (χ0) is 13.4. The highest BCUT2D eigenvalue weighted by Gasteiger charge is 2.40. The maximum absolute atomic E-state index is 9.36. The predicted molar refractivity (Wildman–Crippen MR) is 74.3 cm³/mol. The van der Waals surface area contributed by atoms with Crippen molar-refractivity contribution in [3.63, 3.8) is 0 Å². The van der Waals surface area contributed by atoms with Crippen molar-refractivity contribution < 1.29 is 4.74 Å². The Labute approximate surface area is 112 Å². The van der Waals surface area contributed by atoms with Crippen LogP contribution in [0.2, 0.25) is 0 Å². The molecule has 3 heteroatoms. The summed E-state index contributed by atoms with van der Waals surface area (Å²) in [4.78, 5) is 0. The van der Waals surface area contributed by atoms with Crippen molar-refractivity contribution in [1.29, 1.82) is 5.26 Å². The van der Waals surface area contributed by atoms with Crippen molar-refractivity contribution in [2.24, 2.45) is 0 Å². The molecule has 1 fully saturated rings. The average Bonchev–Trinajstić information content (AvgIpc) is 2.72. The van der Waals surface area contributed by atoms with Crippen molar-refractivity contribution in [2.45, 2.75) is 83.4 Å². The van der Waals surface area contributed by atoms with Crippen molar-refractivity contribution in [1.82, 2.24) is 5.32 Å². The van der Waals surface area contributed by atoms with Gasteiger partial charge in [-0.3, -0.25) is 5.32 Å². The Morgan fingerprint density at radius 1 is 1.39 bits per heavy atom. The maximum Gasteiger partial charge on any atom is 0.109 e. The highest BCUT2D eigenvalue weighted by molar-refractivity contribution is 5.12. The Kier molecular flexibility index (Phi) is 6.67. The average molecular weight is 252 g/mol. The highest BCUT2D eigenvalue weighted by Crippen LogP contribution is 2.32. The van der Waals surface area contributed by atoms with Gasteiger partial charge in [-0.2, -0.15) is 5.26 Å². The number of hydrogen-bond acceptors (Lipinski definition) is 3. The molecule has 0 aliphatic heterocycles. The van der Waals surface area contributed by atoms with E-state index in [1.807, 2.05) is 0 Å². The first-order valence-corrected chi connectivity index (χ1v) is 7.42. The number of nitrogens with one attached hydrogen (secondary N) is 1. The summed E-state index contributed by atoms with van der Waals surface area (Å²) in [6.07, 6.45) is 8.03. The minimum Gasteiger partial charge on any atom is -0.378 e. The molecule has 2 atom stereocenters. The van der Waals surface area contributed by atoms with Gasteiger partial charge in [0.2, 0.25) is 0 Å². The number of rotatable bonds is 8. The molecule has 2 unspecified atom stereocenters. The van der Waals surface area contributed by atoms with Crippen molar-refractivity contribution in [3.05, 3.63) is 0 Å². The molecule has 0 spiro atoms. The molecule has 0 radical (unpaired) electrons. The first kappa shape index (κ1) is 15.5. The normalized spacial score (nSPS) is 27.6. The van der Waals surface area contributed by atoms with Gasteiger partial charge in [-0.25, -0.2) is 0 Å². The van der Waals surface area contributed by atoms with Crippen LogP contribution in [0.25, 0.3) is 0 Å². The second-order valence-electron chi connectivity index (χ2n) is 5.79. The predicted octanol–water partition coefficient (Wildman–Crippen LogP) is 3.40. The molecule has 104 valence electrons. The Balaban J connectivity index is 2.25. The van der Waals surface area contributed by atoms with Gasteiger partial charge in [0.15, 0.2) is 0 Å². The van der Waals surface area contributed by atoms with Crippen LogP contribution in [0.5, 0.6) is 0 Å². The molecule has 1 aliphatic carbocycles. The molecule has 3 nitrogen and oxygen atoms in total. The van der Waals surface area contributed by atoms with E-state index >= 15 is 0 Å². The molecular weight excluding hydrogens is 224 g/mol. The van der Waals surface area contributed by atoms with E-state index in [0.717, 1.165) is 32.3 Å². The third-order valence-electron chi connectivity index (χ3n) is 3.60. The van der Waals surface area contributed by atoms with Crippen LogP contribution in [-0.2, 0) is 4.74 Å². The van der Waals surface area contributed by atoms with Gasteiger partial charge in [0, 0.05) is 19.1 Å². The summed E-state index contributed by atoms with van der Waals surface area (Å²) in [5.74, 6) is 0. The lowest BCUT2D eigenvalue weighted by atomic mass is 9.98. The Morgan fingerprint density at radius 2 is 2.17 bits per heavy atom. The molecule has 0 heterocycles. The fourth-order valence-electron chi connectivity index (χ4n) is 2.74. The van der Waals surface area contributed by atoms with Crippen LogP contribution in [0.15, 0.2) is 0 Å². The Hall–Kier alpha value is -0.590. The van der Waals surface area contributed by atoms with Crippen LogP contribution in [0.4, 0.5) is 0 Å². The molecule has 0 bridgehead atoms. The third-order valence-corrected chi connectivity index (χ3v) is 3.60. The quantitative estimate of drug-likeness (QED) is 0.673. The van der Waals surface area contributed by atoms with Crippen LogP contribution in [-0.4, -0.2) is 24.3 Å². The fourth-order valence-corrected chi connectivity index (χ4v) is 2.74. The fraction of sp³-hybridized carbons (Fsp3) is 0.933.